The van der Waals surface area contributed by atoms with Gasteiger partial charge in [-0.1, -0.05) is 18.5 Å². The molecular weight excluding hydrogens is 240 g/mol. The lowest BCUT2D eigenvalue weighted by atomic mass is 10.1. The van der Waals surface area contributed by atoms with Crippen molar-refractivity contribution in [2.75, 3.05) is 11.9 Å². The maximum atomic E-state index is 5.70. The van der Waals surface area contributed by atoms with Gasteiger partial charge in [-0.05, 0) is 0 Å². The van der Waals surface area contributed by atoms with E-state index in [1.807, 2.05) is 11.6 Å². The molecular formula is C10H13ClN6. The van der Waals surface area contributed by atoms with Crippen molar-refractivity contribution >= 4 is 17.5 Å². The fourth-order valence-electron chi connectivity index (χ4n) is 1.48. The van der Waals surface area contributed by atoms with Gasteiger partial charge in [0.15, 0.2) is 0 Å². The Bertz CT molecular complexity index is 480. The van der Waals surface area contributed by atoms with E-state index in [4.69, 9.17) is 11.6 Å². The van der Waals surface area contributed by atoms with Gasteiger partial charge in [0.1, 0.15) is 12.2 Å². The highest BCUT2D eigenvalue weighted by atomic mass is 35.5. The molecule has 0 unspecified atom stereocenters. The molecule has 0 aliphatic rings. The number of aryl methyl sites for hydroxylation is 1. The monoisotopic (exact) mass is 252 g/mol. The van der Waals surface area contributed by atoms with Gasteiger partial charge in [-0.15, -0.1) is 10.2 Å². The lowest BCUT2D eigenvalue weighted by molar-refractivity contribution is 0.679. The fourth-order valence-corrected chi connectivity index (χ4v) is 1.58. The number of nitrogens with one attached hydrogen (secondary N) is 1. The average molecular weight is 253 g/mol. The van der Waals surface area contributed by atoms with Gasteiger partial charge in [0.25, 0.3) is 0 Å². The van der Waals surface area contributed by atoms with E-state index in [1.165, 1.54) is 0 Å². The zero-order chi connectivity index (χ0) is 12.3. The van der Waals surface area contributed by atoms with Crippen LogP contribution in [0.3, 0.4) is 0 Å². The Kier molecular flexibility index (Phi) is 3.53. The Labute approximate surface area is 104 Å². The summed E-state index contributed by atoms with van der Waals surface area (Å²) in [6, 6.07) is 0. The van der Waals surface area contributed by atoms with E-state index >= 15 is 0 Å². The maximum absolute atomic E-state index is 5.70. The largest absolute Gasteiger partial charge is 0.354 e. The van der Waals surface area contributed by atoms with Crippen LogP contribution in [0.25, 0.3) is 0 Å². The molecule has 0 bridgehead atoms. The van der Waals surface area contributed by atoms with E-state index in [1.54, 1.807) is 18.7 Å². The molecule has 90 valence electrons. The van der Waals surface area contributed by atoms with Crippen LogP contribution in [0.5, 0.6) is 0 Å². The van der Waals surface area contributed by atoms with Crippen molar-refractivity contribution in [2.45, 2.75) is 12.8 Å². The quantitative estimate of drug-likeness (QED) is 0.893. The second-order valence-corrected chi connectivity index (χ2v) is 4.24. The number of rotatable bonds is 4. The van der Waals surface area contributed by atoms with Gasteiger partial charge in [-0.25, -0.2) is 9.97 Å². The van der Waals surface area contributed by atoms with E-state index in [2.05, 4.69) is 32.4 Å². The van der Waals surface area contributed by atoms with Crippen LogP contribution < -0.4 is 5.32 Å². The summed E-state index contributed by atoms with van der Waals surface area (Å²) in [5, 5.41) is 11.5. The molecule has 1 N–H and O–H groups in total. The summed E-state index contributed by atoms with van der Waals surface area (Å²) in [7, 11) is 1.92. The summed E-state index contributed by atoms with van der Waals surface area (Å²) < 4.78 is 1.90. The van der Waals surface area contributed by atoms with E-state index in [9.17, 15) is 0 Å². The summed E-state index contributed by atoms with van der Waals surface area (Å²) in [4.78, 5) is 8.11. The van der Waals surface area contributed by atoms with Crippen LogP contribution in [0.4, 0.5) is 5.95 Å². The first-order chi connectivity index (χ1) is 8.16. The molecule has 0 radical (unpaired) electrons. The zero-order valence-electron chi connectivity index (χ0n) is 9.63. The molecule has 0 aliphatic carbocycles. The van der Waals surface area contributed by atoms with E-state index in [0.29, 0.717) is 17.5 Å². The van der Waals surface area contributed by atoms with E-state index < -0.39 is 0 Å². The summed E-state index contributed by atoms with van der Waals surface area (Å²) >= 11 is 5.70. The first-order valence-corrected chi connectivity index (χ1v) is 5.60. The normalized spacial score (nSPS) is 12.4. The second-order valence-electron chi connectivity index (χ2n) is 3.81. The lowest BCUT2D eigenvalue weighted by Crippen LogP contribution is -2.15. The molecule has 0 fully saturated rings. The number of anilines is 1. The summed E-state index contributed by atoms with van der Waals surface area (Å²) in [5.74, 6) is 1.71. The lowest BCUT2D eigenvalue weighted by Gasteiger charge is -2.11. The second kappa shape index (κ2) is 5.09. The minimum absolute atomic E-state index is 0.224. The van der Waals surface area contributed by atoms with Gasteiger partial charge in [0.05, 0.1) is 17.4 Å². The summed E-state index contributed by atoms with van der Waals surface area (Å²) in [6.45, 7) is 2.75. The molecule has 0 saturated heterocycles. The molecule has 6 nitrogen and oxygen atoms in total. The molecule has 0 aliphatic heterocycles. The highest BCUT2D eigenvalue weighted by molar-refractivity contribution is 6.30. The standard InChI is InChI=1S/C10H13ClN6/c1-7(9-16-15-6-17(9)2)3-12-10-13-4-8(11)5-14-10/h4-7H,3H2,1-2H3,(H,12,13,14)/t7-/m1/s1. The molecule has 7 heteroatoms. The van der Waals surface area contributed by atoms with Crippen LogP contribution >= 0.6 is 11.6 Å². The van der Waals surface area contributed by atoms with Gasteiger partial charge >= 0.3 is 0 Å². The number of aromatic nitrogens is 5. The fraction of sp³-hybridized carbons (Fsp3) is 0.400. The van der Waals surface area contributed by atoms with Crippen LogP contribution in [0.2, 0.25) is 5.02 Å². The SMILES string of the molecule is C[C@H](CNc1ncc(Cl)cn1)c1nncn1C. The van der Waals surface area contributed by atoms with Gasteiger partial charge < -0.3 is 9.88 Å². The Morgan fingerprint density at radius 1 is 1.41 bits per heavy atom. The number of nitrogens with zero attached hydrogens (tertiary/aromatic N) is 5. The molecule has 0 amide bonds. The van der Waals surface area contributed by atoms with Crippen molar-refractivity contribution < 1.29 is 0 Å². The Morgan fingerprint density at radius 3 is 2.71 bits per heavy atom. The van der Waals surface area contributed by atoms with E-state index in [0.717, 1.165) is 5.82 Å². The van der Waals surface area contributed by atoms with Gasteiger partial charge in [0, 0.05) is 19.5 Å². The Balaban J connectivity index is 1.94. The third-order valence-corrected chi connectivity index (χ3v) is 2.57. The maximum Gasteiger partial charge on any atom is 0.222 e. The highest BCUT2D eigenvalue weighted by Gasteiger charge is 2.11. The molecule has 2 heterocycles. The smallest absolute Gasteiger partial charge is 0.222 e. The highest BCUT2D eigenvalue weighted by Crippen LogP contribution is 2.12. The molecule has 2 aromatic rings. The number of hydrogen-bond donors (Lipinski definition) is 1. The van der Waals surface area contributed by atoms with Crippen molar-refractivity contribution in [3.63, 3.8) is 0 Å². The predicted octanol–water partition coefficient (Wildman–Crippen LogP) is 1.47. The minimum Gasteiger partial charge on any atom is -0.354 e. The van der Waals surface area contributed by atoms with Crippen molar-refractivity contribution in [1.82, 2.24) is 24.7 Å². The third-order valence-electron chi connectivity index (χ3n) is 2.37. The van der Waals surface area contributed by atoms with Crippen molar-refractivity contribution in [3.05, 3.63) is 29.6 Å². The Hall–Kier alpha value is -1.69. The first kappa shape index (κ1) is 11.8. The molecule has 17 heavy (non-hydrogen) atoms. The summed E-state index contributed by atoms with van der Waals surface area (Å²) in [6.07, 6.45) is 4.80. The van der Waals surface area contributed by atoms with Crippen molar-refractivity contribution in [3.8, 4) is 0 Å². The molecule has 2 rings (SSSR count). The van der Waals surface area contributed by atoms with Crippen LogP contribution in [0, 0.1) is 0 Å². The molecule has 2 aromatic heterocycles. The molecule has 0 aromatic carbocycles. The molecule has 1 atom stereocenters. The van der Waals surface area contributed by atoms with Crippen LogP contribution in [0.15, 0.2) is 18.7 Å². The van der Waals surface area contributed by atoms with Crippen LogP contribution in [0.1, 0.15) is 18.7 Å². The van der Waals surface area contributed by atoms with Crippen molar-refractivity contribution in [2.24, 2.45) is 7.05 Å². The zero-order valence-corrected chi connectivity index (χ0v) is 10.4. The summed E-state index contributed by atoms with van der Waals surface area (Å²) in [5.41, 5.74) is 0. The van der Waals surface area contributed by atoms with Crippen molar-refractivity contribution in [1.29, 1.82) is 0 Å². The van der Waals surface area contributed by atoms with E-state index in [-0.39, 0.29) is 5.92 Å². The minimum atomic E-state index is 0.224. The molecule has 0 saturated carbocycles. The first-order valence-electron chi connectivity index (χ1n) is 5.22. The predicted molar refractivity (Wildman–Crippen MR) is 64.9 cm³/mol. The van der Waals surface area contributed by atoms with Gasteiger partial charge in [-0.3, -0.25) is 0 Å². The third kappa shape index (κ3) is 2.91. The topological polar surface area (TPSA) is 68.5 Å². The van der Waals surface area contributed by atoms with Gasteiger partial charge in [-0.2, -0.15) is 0 Å². The number of halogens is 1. The van der Waals surface area contributed by atoms with Gasteiger partial charge in [0.2, 0.25) is 5.95 Å². The van der Waals surface area contributed by atoms with Crippen LogP contribution in [-0.2, 0) is 7.05 Å². The average Bonchev–Trinajstić information content (AvgIpc) is 2.74. The Morgan fingerprint density at radius 2 is 2.12 bits per heavy atom. The van der Waals surface area contributed by atoms with Crippen LogP contribution in [-0.4, -0.2) is 31.3 Å². The molecule has 0 spiro atoms. The number of hydrogen-bond acceptors (Lipinski definition) is 5.